The topological polar surface area (TPSA) is 55.8 Å². The van der Waals surface area contributed by atoms with Gasteiger partial charge in [-0.25, -0.2) is 0 Å². The second-order valence-corrected chi connectivity index (χ2v) is 7.30. The van der Waals surface area contributed by atoms with Crippen LogP contribution in [0.1, 0.15) is 77.6 Å². The Bertz CT molecular complexity index is 398. The van der Waals surface area contributed by atoms with Gasteiger partial charge in [-0.1, -0.05) is 51.5 Å². The first-order chi connectivity index (χ1) is 11.7. The van der Waals surface area contributed by atoms with Crippen molar-refractivity contribution >= 4 is 5.78 Å². The predicted molar refractivity (Wildman–Crippen MR) is 94.7 cm³/mol. The Labute approximate surface area is 146 Å². The molecule has 2 fully saturated rings. The number of allylic oxidation sites excluding steroid dienone is 1. The highest BCUT2D eigenvalue weighted by atomic mass is 16.7. The van der Waals surface area contributed by atoms with Crippen LogP contribution in [0.5, 0.6) is 0 Å². The minimum atomic E-state index is -0.844. The molecule has 0 amide bonds. The molecule has 2 aliphatic rings. The van der Waals surface area contributed by atoms with Gasteiger partial charge in [-0.15, -0.1) is 0 Å². The van der Waals surface area contributed by atoms with Gasteiger partial charge < -0.3 is 14.6 Å². The van der Waals surface area contributed by atoms with Crippen LogP contribution in [0.3, 0.4) is 0 Å². The monoisotopic (exact) mass is 338 g/mol. The molecule has 24 heavy (non-hydrogen) atoms. The highest BCUT2D eigenvalue weighted by Gasteiger charge is 2.40. The van der Waals surface area contributed by atoms with E-state index in [4.69, 9.17) is 9.47 Å². The third-order valence-corrected chi connectivity index (χ3v) is 5.21. The van der Waals surface area contributed by atoms with Gasteiger partial charge in [0.2, 0.25) is 0 Å². The van der Waals surface area contributed by atoms with Gasteiger partial charge in [0.05, 0.1) is 13.2 Å². The number of carbonyl (C=O) groups excluding carboxylic acids is 1. The zero-order chi connectivity index (χ0) is 17.3. The SMILES string of the molecule is CCCCCCCC[C@@H](O)C(=O)/C=C/[C@@H]1CCCC2(C1)OCCO2. The summed E-state index contributed by atoms with van der Waals surface area (Å²) >= 11 is 0. The first-order valence-corrected chi connectivity index (χ1v) is 9.83. The lowest BCUT2D eigenvalue weighted by atomic mass is 9.84. The van der Waals surface area contributed by atoms with E-state index in [1.54, 1.807) is 6.08 Å². The quantitative estimate of drug-likeness (QED) is 0.480. The van der Waals surface area contributed by atoms with Gasteiger partial charge in [0.25, 0.3) is 0 Å². The van der Waals surface area contributed by atoms with Crippen molar-refractivity contribution in [3.8, 4) is 0 Å². The molecule has 1 aliphatic carbocycles. The van der Waals surface area contributed by atoms with Crippen LogP contribution in [0.2, 0.25) is 0 Å². The van der Waals surface area contributed by atoms with Crippen molar-refractivity contribution in [2.24, 2.45) is 5.92 Å². The lowest BCUT2D eigenvalue weighted by Gasteiger charge is -2.35. The zero-order valence-corrected chi connectivity index (χ0v) is 15.2. The van der Waals surface area contributed by atoms with Crippen LogP contribution in [0, 0.1) is 5.92 Å². The highest BCUT2D eigenvalue weighted by molar-refractivity contribution is 5.93. The van der Waals surface area contributed by atoms with E-state index in [0.29, 0.717) is 25.6 Å². The average molecular weight is 338 g/mol. The third kappa shape index (κ3) is 6.30. The molecule has 1 spiro atoms. The first-order valence-electron chi connectivity index (χ1n) is 9.83. The summed E-state index contributed by atoms with van der Waals surface area (Å²) in [5, 5.41) is 10.0. The van der Waals surface area contributed by atoms with Gasteiger partial charge in [0, 0.05) is 12.8 Å². The molecule has 0 unspecified atom stereocenters. The summed E-state index contributed by atoms with van der Waals surface area (Å²) in [6, 6.07) is 0. The molecule has 0 aromatic rings. The molecule has 4 nitrogen and oxygen atoms in total. The smallest absolute Gasteiger partial charge is 0.183 e. The van der Waals surface area contributed by atoms with Crippen molar-refractivity contribution in [2.75, 3.05) is 13.2 Å². The van der Waals surface area contributed by atoms with Crippen LogP contribution in [0.15, 0.2) is 12.2 Å². The number of rotatable bonds is 10. The molecule has 0 radical (unpaired) electrons. The molecular formula is C20H34O4. The summed E-state index contributed by atoms with van der Waals surface area (Å²) < 4.78 is 11.5. The summed E-state index contributed by atoms with van der Waals surface area (Å²) in [5.74, 6) is -0.258. The molecule has 1 saturated carbocycles. The van der Waals surface area contributed by atoms with E-state index >= 15 is 0 Å². The molecule has 4 heteroatoms. The largest absolute Gasteiger partial charge is 0.385 e. The Hall–Kier alpha value is -0.710. The Balaban J connectivity index is 1.66. The van der Waals surface area contributed by atoms with E-state index in [2.05, 4.69) is 6.92 Å². The first kappa shape index (κ1) is 19.6. The minimum Gasteiger partial charge on any atom is -0.385 e. The van der Waals surface area contributed by atoms with Gasteiger partial charge >= 0.3 is 0 Å². The summed E-state index contributed by atoms with van der Waals surface area (Å²) in [7, 11) is 0. The van der Waals surface area contributed by atoms with E-state index in [1.165, 1.54) is 25.7 Å². The number of ether oxygens (including phenoxy) is 2. The molecule has 138 valence electrons. The standard InChI is InChI=1S/C20H34O4/c1-2-3-4-5-6-7-10-18(21)19(22)12-11-17-9-8-13-20(16-17)23-14-15-24-20/h11-12,17-18,21H,2-10,13-16H2,1H3/b12-11+/t17-,18+/m0/s1. The van der Waals surface area contributed by atoms with Gasteiger partial charge in [0.1, 0.15) is 6.10 Å². The molecule has 1 heterocycles. The lowest BCUT2D eigenvalue weighted by Crippen LogP contribution is -2.36. The van der Waals surface area contributed by atoms with E-state index < -0.39 is 11.9 Å². The fourth-order valence-corrected chi connectivity index (χ4v) is 3.76. The van der Waals surface area contributed by atoms with Crippen LogP contribution in [0.25, 0.3) is 0 Å². The van der Waals surface area contributed by atoms with Gasteiger partial charge in [0.15, 0.2) is 11.6 Å². The number of hydrogen-bond donors (Lipinski definition) is 1. The van der Waals surface area contributed by atoms with Crippen molar-refractivity contribution in [1.29, 1.82) is 0 Å². The Morgan fingerprint density at radius 1 is 1.21 bits per heavy atom. The molecule has 0 aromatic carbocycles. The predicted octanol–water partition coefficient (Wildman–Crippen LogP) is 4.16. The molecule has 1 N–H and O–H groups in total. The molecule has 1 aliphatic heterocycles. The Morgan fingerprint density at radius 3 is 2.67 bits per heavy atom. The van der Waals surface area contributed by atoms with Crippen molar-refractivity contribution in [3.63, 3.8) is 0 Å². The van der Waals surface area contributed by atoms with E-state index in [-0.39, 0.29) is 5.78 Å². The summed E-state index contributed by atoms with van der Waals surface area (Å²) in [6.07, 6.45) is 14.2. The zero-order valence-electron chi connectivity index (χ0n) is 15.2. The van der Waals surface area contributed by atoms with E-state index in [0.717, 1.165) is 38.5 Å². The Kier molecular flexibility index (Phi) is 8.43. The molecule has 0 bridgehead atoms. The van der Waals surface area contributed by atoms with E-state index in [1.807, 2.05) is 6.08 Å². The highest BCUT2D eigenvalue weighted by Crippen LogP contribution is 2.39. The van der Waals surface area contributed by atoms with Gasteiger partial charge in [-0.05, 0) is 31.3 Å². The second kappa shape index (κ2) is 10.3. The van der Waals surface area contributed by atoms with Crippen molar-refractivity contribution in [2.45, 2.75) is 89.4 Å². The number of unbranched alkanes of at least 4 members (excludes halogenated alkanes) is 5. The van der Waals surface area contributed by atoms with Crippen LogP contribution >= 0.6 is 0 Å². The fraction of sp³-hybridized carbons (Fsp3) is 0.850. The molecule has 1 saturated heterocycles. The van der Waals surface area contributed by atoms with Crippen molar-refractivity contribution < 1.29 is 19.4 Å². The van der Waals surface area contributed by atoms with Gasteiger partial charge in [-0.2, -0.15) is 0 Å². The molecule has 2 atom stereocenters. The maximum absolute atomic E-state index is 12.1. The lowest BCUT2D eigenvalue weighted by molar-refractivity contribution is -0.183. The molecular weight excluding hydrogens is 304 g/mol. The van der Waals surface area contributed by atoms with Crippen molar-refractivity contribution in [3.05, 3.63) is 12.2 Å². The number of aliphatic hydroxyl groups excluding tert-OH is 1. The van der Waals surface area contributed by atoms with Crippen LogP contribution in [0.4, 0.5) is 0 Å². The van der Waals surface area contributed by atoms with Crippen LogP contribution in [-0.4, -0.2) is 36.0 Å². The summed E-state index contributed by atoms with van der Waals surface area (Å²) in [5.41, 5.74) is 0. The number of carbonyl (C=O) groups is 1. The maximum Gasteiger partial charge on any atom is 0.183 e. The number of ketones is 1. The molecule has 0 aromatic heterocycles. The van der Waals surface area contributed by atoms with Gasteiger partial charge in [-0.3, -0.25) is 4.79 Å². The second-order valence-electron chi connectivity index (χ2n) is 7.30. The summed E-state index contributed by atoms with van der Waals surface area (Å²) in [6.45, 7) is 3.55. The fourth-order valence-electron chi connectivity index (χ4n) is 3.76. The maximum atomic E-state index is 12.1. The molecule has 2 rings (SSSR count). The van der Waals surface area contributed by atoms with Crippen molar-refractivity contribution in [1.82, 2.24) is 0 Å². The Morgan fingerprint density at radius 2 is 1.92 bits per heavy atom. The van der Waals surface area contributed by atoms with Crippen LogP contribution in [-0.2, 0) is 14.3 Å². The average Bonchev–Trinajstić information content (AvgIpc) is 3.03. The summed E-state index contributed by atoms with van der Waals surface area (Å²) in [4.78, 5) is 12.1. The normalized spacial score (nSPS) is 24.7. The van der Waals surface area contributed by atoms with Crippen LogP contribution < -0.4 is 0 Å². The minimum absolute atomic E-state index is 0.156. The number of aliphatic hydroxyl groups is 1. The number of hydrogen-bond acceptors (Lipinski definition) is 4. The third-order valence-electron chi connectivity index (χ3n) is 5.21. The van der Waals surface area contributed by atoms with E-state index in [9.17, 15) is 9.90 Å².